The van der Waals surface area contributed by atoms with Gasteiger partial charge in [0.1, 0.15) is 0 Å². The van der Waals surface area contributed by atoms with Crippen LogP contribution in [0.5, 0.6) is 0 Å². The molecule has 11 heavy (non-hydrogen) atoms. The summed E-state index contributed by atoms with van der Waals surface area (Å²) in [4.78, 5) is 0. The van der Waals surface area contributed by atoms with Crippen LogP contribution in [0.4, 0.5) is 0 Å². The maximum atomic E-state index is 4.40. The zero-order chi connectivity index (χ0) is 8.57. The molecular weight excluding hydrogens is 283 g/mol. The topological polar surface area (TPSA) is 24.1 Å². The average molecular weight is 291 g/mol. The number of hydrogen-bond donors (Lipinski definition) is 2. The normalized spacial score (nSPS) is 6.00. The standard InChI is InChI=1S/2C2H5NS2.Se/c2*1-3-2(4)5;/h2*1H3,(H2,3,4,5);/q;;+2/p-2. The second kappa shape index (κ2) is 13.3. The van der Waals surface area contributed by atoms with Crippen LogP contribution in [0.15, 0.2) is 0 Å². The van der Waals surface area contributed by atoms with Crippen molar-refractivity contribution in [3.05, 3.63) is 0 Å². The predicted octanol–water partition coefficient (Wildman–Crippen LogP) is -0.306. The monoisotopic (exact) mass is 292 g/mol. The molecule has 0 fully saturated rings. The third-order valence-corrected chi connectivity index (χ3v) is 1.22. The molecule has 0 aromatic heterocycles. The molecule has 2 nitrogen and oxygen atoms in total. The minimum atomic E-state index is 0. The van der Waals surface area contributed by atoms with Gasteiger partial charge in [-0.25, -0.2) is 0 Å². The van der Waals surface area contributed by atoms with Crippen molar-refractivity contribution in [1.82, 2.24) is 10.6 Å². The summed E-state index contributed by atoms with van der Waals surface area (Å²) in [6.45, 7) is 0. The smallest absolute Gasteiger partial charge is 0.412 e. The van der Waals surface area contributed by atoms with E-state index in [4.69, 9.17) is 0 Å². The largest absolute Gasteiger partial charge is 2.00 e. The van der Waals surface area contributed by atoms with Crippen LogP contribution in [0.3, 0.4) is 0 Å². The summed E-state index contributed by atoms with van der Waals surface area (Å²) < 4.78 is 0.843. The quantitative estimate of drug-likeness (QED) is 0.361. The molecule has 0 atom stereocenters. The molecule has 0 heterocycles. The van der Waals surface area contributed by atoms with E-state index in [2.05, 4.69) is 60.3 Å². The first-order chi connectivity index (χ1) is 4.54. The Hall–Kier alpha value is 0.739. The van der Waals surface area contributed by atoms with Crippen LogP contribution >= 0.6 is 24.4 Å². The zero-order valence-electron chi connectivity index (χ0n) is 6.04. The number of rotatable bonds is 0. The summed E-state index contributed by atoms with van der Waals surface area (Å²) in [5.74, 6) is 0. The second-order valence-corrected chi connectivity index (χ2v) is 3.22. The molecule has 0 aromatic rings. The minimum absolute atomic E-state index is 0. The maximum Gasteiger partial charge on any atom is 2.00 e. The van der Waals surface area contributed by atoms with Crippen LogP contribution in [0.1, 0.15) is 0 Å². The molecular formula is C4H8N2S4Se. The molecule has 0 aliphatic rings. The van der Waals surface area contributed by atoms with Gasteiger partial charge in [0.05, 0.1) is 0 Å². The third kappa shape index (κ3) is 36.5. The van der Waals surface area contributed by atoms with E-state index in [0.717, 1.165) is 0 Å². The minimum Gasteiger partial charge on any atom is -0.412 e. The Kier molecular flexibility index (Phi) is 21.5. The Morgan fingerprint density at radius 3 is 1.09 bits per heavy atom. The Balaban J connectivity index is -0.000000107. The van der Waals surface area contributed by atoms with E-state index in [0.29, 0.717) is 8.64 Å². The van der Waals surface area contributed by atoms with Crippen molar-refractivity contribution in [2.75, 3.05) is 14.1 Å². The molecule has 0 saturated carbocycles. The van der Waals surface area contributed by atoms with Crippen LogP contribution in [0.25, 0.3) is 0 Å². The molecule has 0 spiro atoms. The van der Waals surface area contributed by atoms with Crippen molar-refractivity contribution in [3.63, 3.8) is 0 Å². The Morgan fingerprint density at radius 2 is 1.09 bits per heavy atom. The van der Waals surface area contributed by atoms with E-state index in [9.17, 15) is 0 Å². The van der Waals surface area contributed by atoms with Crippen LogP contribution in [0, 0.1) is 0 Å². The molecule has 0 aliphatic carbocycles. The number of nitrogens with one attached hydrogen (secondary N) is 2. The van der Waals surface area contributed by atoms with E-state index in [1.807, 2.05) is 0 Å². The predicted molar refractivity (Wildman–Crippen MR) is 63.8 cm³/mol. The first-order valence-electron chi connectivity index (χ1n) is 2.32. The molecule has 7 heteroatoms. The third-order valence-electron chi connectivity index (χ3n) is 0.408. The Morgan fingerprint density at radius 1 is 1.00 bits per heavy atom. The first kappa shape index (κ1) is 17.7. The van der Waals surface area contributed by atoms with E-state index in [1.165, 1.54) is 0 Å². The van der Waals surface area contributed by atoms with Gasteiger partial charge < -0.3 is 60.3 Å². The number of thiocarbonyl (C=S) groups is 2. The van der Waals surface area contributed by atoms with E-state index >= 15 is 0 Å². The van der Waals surface area contributed by atoms with Gasteiger partial charge in [-0.3, -0.25) is 0 Å². The summed E-state index contributed by atoms with van der Waals surface area (Å²) >= 11 is 17.6. The van der Waals surface area contributed by atoms with Gasteiger partial charge in [0, 0.05) is 14.1 Å². The Bertz CT molecular complexity index is 105. The van der Waals surface area contributed by atoms with Crippen LogP contribution in [-0.4, -0.2) is 39.8 Å². The summed E-state index contributed by atoms with van der Waals surface area (Å²) in [7, 11) is 3.41. The summed E-state index contributed by atoms with van der Waals surface area (Å²) in [6.07, 6.45) is 0. The molecule has 0 amide bonds. The van der Waals surface area contributed by atoms with Gasteiger partial charge >= 0.3 is 17.1 Å². The van der Waals surface area contributed by atoms with Crippen molar-refractivity contribution < 1.29 is 0 Å². The maximum absolute atomic E-state index is 4.40. The van der Waals surface area contributed by atoms with Crippen molar-refractivity contribution in [2.45, 2.75) is 0 Å². The second-order valence-electron chi connectivity index (χ2n) is 1.07. The molecule has 0 rings (SSSR count). The Labute approximate surface area is 99.6 Å². The van der Waals surface area contributed by atoms with Crippen molar-refractivity contribution in [3.8, 4) is 0 Å². The number of hydrogen-bond acceptors (Lipinski definition) is 4. The summed E-state index contributed by atoms with van der Waals surface area (Å²) in [5, 5.41) is 5.15. The first-order valence-corrected chi connectivity index (χ1v) is 3.95. The van der Waals surface area contributed by atoms with Gasteiger partial charge in [-0.1, -0.05) is 8.64 Å². The van der Waals surface area contributed by atoms with E-state index in [-0.39, 0.29) is 17.1 Å². The van der Waals surface area contributed by atoms with Crippen LogP contribution < -0.4 is 10.6 Å². The molecule has 64 valence electrons. The molecule has 0 aliphatic heterocycles. The fourth-order valence-electron chi connectivity index (χ4n) is 0. The van der Waals surface area contributed by atoms with Gasteiger partial charge in [-0.05, 0) is 0 Å². The van der Waals surface area contributed by atoms with Gasteiger partial charge in [0.2, 0.25) is 0 Å². The van der Waals surface area contributed by atoms with Crippen LogP contribution in [0.2, 0.25) is 0 Å². The van der Waals surface area contributed by atoms with Gasteiger partial charge in [-0.15, -0.1) is 0 Å². The van der Waals surface area contributed by atoms with E-state index < -0.39 is 0 Å². The van der Waals surface area contributed by atoms with E-state index in [1.54, 1.807) is 14.1 Å². The molecule has 0 bridgehead atoms. The molecule has 0 unspecified atom stereocenters. The van der Waals surface area contributed by atoms with Crippen molar-refractivity contribution >= 4 is 75.4 Å². The zero-order valence-corrected chi connectivity index (χ0v) is 11.0. The fourth-order valence-corrected chi connectivity index (χ4v) is 0. The van der Waals surface area contributed by atoms with Crippen molar-refractivity contribution in [1.29, 1.82) is 0 Å². The molecule has 0 saturated heterocycles. The summed E-state index contributed by atoms with van der Waals surface area (Å²) in [5.41, 5.74) is 0. The SMILES string of the molecule is CNC(=S)[S-].CNC(=S)[S-].[Se+2]. The fraction of sp³-hybridized carbons (Fsp3) is 0.500. The van der Waals surface area contributed by atoms with Gasteiger partial charge in [0.25, 0.3) is 0 Å². The summed E-state index contributed by atoms with van der Waals surface area (Å²) in [6, 6.07) is 0. The van der Waals surface area contributed by atoms with Crippen molar-refractivity contribution in [2.24, 2.45) is 0 Å². The average Bonchev–Trinajstić information content (AvgIpc) is 1.89. The molecule has 4 radical (unpaired) electrons. The van der Waals surface area contributed by atoms with Crippen LogP contribution in [-0.2, 0) is 25.3 Å². The molecule has 2 N–H and O–H groups in total. The van der Waals surface area contributed by atoms with Gasteiger partial charge in [-0.2, -0.15) is 0 Å². The molecule has 0 aromatic carbocycles. The van der Waals surface area contributed by atoms with Gasteiger partial charge in [0.15, 0.2) is 0 Å².